The molecule has 0 bridgehead atoms. The number of rotatable bonds is 1. The summed E-state index contributed by atoms with van der Waals surface area (Å²) in [7, 11) is 0. The lowest BCUT2D eigenvalue weighted by molar-refractivity contribution is -0.111. The fourth-order valence-corrected chi connectivity index (χ4v) is 5.63. The largest absolute Gasteiger partial charge is 0.484 e. The van der Waals surface area contributed by atoms with Crippen LogP contribution in [-0.2, 0) is 9.53 Å². The van der Waals surface area contributed by atoms with Crippen LogP contribution in [0.2, 0.25) is 5.02 Å². The molecule has 2 aliphatic heterocycles. The van der Waals surface area contributed by atoms with Crippen LogP contribution in [0.3, 0.4) is 0 Å². The van der Waals surface area contributed by atoms with Gasteiger partial charge in [-0.15, -0.1) is 11.8 Å². The fraction of sp³-hybridized carbons (Fsp3) is 0.261. The molecule has 0 N–H and O–H groups in total. The predicted molar refractivity (Wildman–Crippen MR) is 116 cm³/mol. The highest BCUT2D eigenvalue weighted by Gasteiger charge is 2.46. The zero-order valence-electron chi connectivity index (χ0n) is 16.0. The molecule has 2 aromatic rings. The Bertz CT molecular complexity index is 1120. The smallest absolute Gasteiger partial charge is 0.253 e. The van der Waals surface area contributed by atoms with Crippen LogP contribution in [-0.4, -0.2) is 46.8 Å². The Morgan fingerprint density at radius 2 is 1.73 bits per heavy atom. The van der Waals surface area contributed by atoms with E-state index in [1.165, 1.54) is 11.8 Å². The molecule has 1 aliphatic carbocycles. The van der Waals surface area contributed by atoms with Crippen LogP contribution in [0.1, 0.15) is 39.1 Å². The van der Waals surface area contributed by atoms with Crippen molar-refractivity contribution in [3.63, 3.8) is 0 Å². The van der Waals surface area contributed by atoms with E-state index in [1.807, 2.05) is 17.0 Å². The topological polar surface area (TPSA) is 63.7 Å². The Hall–Kier alpha value is -2.57. The number of likely N-dealkylation sites (tertiary alicyclic amines) is 1. The van der Waals surface area contributed by atoms with Crippen LogP contribution in [0.4, 0.5) is 0 Å². The Balaban J connectivity index is 1.37. The molecule has 7 heteroatoms. The van der Waals surface area contributed by atoms with Crippen LogP contribution in [0.15, 0.2) is 53.4 Å². The molecule has 0 unspecified atom stereocenters. The Morgan fingerprint density at radius 3 is 2.47 bits per heavy atom. The SMILES string of the molecule is O=C1C(=O)c2ccccc2C2=C1SCC1(CCN(C(=O)c3cccc(Cl)c3)CC1)O2. The number of hydrogen-bond donors (Lipinski definition) is 0. The first-order chi connectivity index (χ1) is 14.5. The van der Waals surface area contributed by atoms with Gasteiger partial charge in [0.1, 0.15) is 16.3 Å². The van der Waals surface area contributed by atoms with Gasteiger partial charge in [-0.2, -0.15) is 0 Å². The number of amides is 1. The number of ether oxygens (including phenoxy) is 1. The van der Waals surface area contributed by atoms with E-state index < -0.39 is 17.2 Å². The normalized spacial score (nSPS) is 20.0. The first kappa shape index (κ1) is 19.4. The van der Waals surface area contributed by atoms with Gasteiger partial charge >= 0.3 is 0 Å². The number of nitrogens with zero attached hydrogens (tertiary/aromatic N) is 1. The number of Topliss-reactive ketones (excluding diaryl/α,β-unsaturated/α-hetero) is 2. The summed E-state index contributed by atoms with van der Waals surface area (Å²) in [6, 6.07) is 14.1. The second-order valence-electron chi connectivity index (χ2n) is 7.74. The molecule has 0 aromatic heterocycles. The Labute approximate surface area is 183 Å². The van der Waals surface area contributed by atoms with Gasteiger partial charge in [-0.05, 0) is 18.2 Å². The van der Waals surface area contributed by atoms with E-state index in [-0.39, 0.29) is 5.91 Å². The van der Waals surface area contributed by atoms with Gasteiger partial charge in [-0.3, -0.25) is 14.4 Å². The van der Waals surface area contributed by atoms with Gasteiger partial charge in [0.25, 0.3) is 5.91 Å². The molecular formula is C23H18ClNO4S. The summed E-state index contributed by atoms with van der Waals surface area (Å²) in [6.07, 6.45) is 1.32. The lowest BCUT2D eigenvalue weighted by atomic mass is 9.89. The van der Waals surface area contributed by atoms with E-state index >= 15 is 0 Å². The molecule has 3 aliphatic rings. The summed E-state index contributed by atoms with van der Waals surface area (Å²) in [4.78, 5) is 40.0. The van der Waals surface area contributed by atoms with Crippen molar-refractivity contribution in [2.75, 3.05) is 18.8 Å². The molecule has 1 spiro atoms. The molecule has 1 fully saturated rings. The number of halogens is 1. The maximum absolute atomic E-state index is 12.8. The summed E-state index contributed by atoms with van der Waals surface area (Å²) >= 11 is 7.42. The summed E-state index contributed by atoms with van der Waals surface area (Å²) in [5.41, 5.74) is 1.20. The maximum Gasteiger partial charge on any atom is 0.253 e. The third-order valence-electron chi connectivity index (χ3n) is 5.87. The monoisotopic (exact) mass is 439 g/mol. The molecule has 0 saturated carbocycles. The highest BCUT2D eigenvalue weighted by molar-refractivity contribution is 8.04. The number of carbonyl (C=O) groups excluding carboxylic acids is 3. The standard InChI is InChI=1S/C23H18ClNO4S/c24-15-5-3-4-14(12-15)22(28)25-10-8-23(9-11-25)13-30-21-19(27)18(26)16-6-1-2-7-17(16)20(21)29-23/h1-7,12H,8-11,13H2. The lowest BCUT2D eigenvalue weighted by Gasteiger charge is -2.45. The molecule has 152 valence electrons. The number of piperidine rings is 1. The van der Waals surface area contributed by atoms with Gasteiger partial charge in [0.05, 0.1) is 0 Å². The number of thioether (sulfide) groups is 1. The van der Waals surface area contributed by atoms with Gasteiger partial charge in [0.2, 0.25) is 11.6 Å². The van der Waals surface area contributed by atoms with Crippen LogP contribution in [0, 0.1) is 0 Å². The number of allylic oxidation sites excluding steroid dienone is 1. The molecule has 1 amide bonds. The number of fused-ring (bicyclic) bond motifs is 2. The van der Waals surface area contributed by atoms with Crippen molar-refractivity contribution in [1.82, 2.24) is 4.90 Å². The molecule has 0 radical (unpaired) electrons. The summed E-state index contributed by atoms with van der Waals surface area (Å²) in [6.45, 7) is 1.12. The first-order valence-corrected chi connectivity index (χ1v) is 11.1. The highest BCUT2D eigenvalue weighted by Crippen LogP contribution is 2.47. The number of benzene rings is 2. The van der Waals surface area contributed by atoms with Crippen molar-refractivity contribution >= 4 is 46.6 Å². The van der Waals surface area contributed by atoms with E-state index in [0.29, 0.717) is 64.1 Å². The minimum absolute atomic E-state index is 0.0421. The van der Waals surface area contributed by atoms with Crippen molar-refractivity contribution in [1.29, 1.82) is 0 Å². The zero-order chi connectivity index (χ0) is 20.9. The first-order valence-electron chi connectivity index (χ1n) is 9.77. The van der Waals surface area contributed by atoms with Crippen LogP contribution >= 0.6 is 23.4 Å². The molecule has 5 rings (SSSR count). The summed E-state index contributed by atoms with van der Waals surface area (Å²) in [5.74, 6) is 0.0997. The van der Waals surface area contributed by atoms with E-state index in [0.717, 1.165) is 0 Å². The molecule has 0 atom stereocenters. The molecule has 2 heterocycles. The van der Waals surface area contributed by atoms with E-state index in [2.05, 4.69) is 0 Å². The average Bonchev–Trinajstić information content (AvgIpc) is 2.77. The number of hydrogen-bond acceptors (Lipinski definition) is 5. The van der Waals surface area contributed by atoms with E-state index in [4.69, 9.17) is 16.3 Å². The van der Waals surface area contributed by atoms with Crippen LogP contribution in [0.25, 0.3) is 5.76 Å². The van der Waals surface area contributed by atoms with Crippen molar-refractivity contribution in [3.8, 4) is 0 Å². The van der Waals surface area contributed by atoms with Crippen molar-refractivity contribution in [2.24, 2.45) is 0 Å². The molecule has 5 nitrogen and oxygen atoms in total. The summed E-state index contributed by atoms with van der Waals surface area (Å²) < 4.78 is 6.44. The van der Waals surface area contributed by atoms with Gasteiger partial charge in [0.15, 0.2) is 0 Å². The van der Waals surface area contributed by atoms with Crippen LogP contribution < -0.4 is 0 Å². The maximum atomic E-state index is 12.8. The third kappa shape index (κ3) is 3.15. The quantitative estimate of drug-likeness (QED) is 0.623. The highest BCUT2D eigenvalue weighted by atomic mass is 35.5. The van der Waals surface area contributed by atoms with Crippen molar-refractivity contribution in [3.05, 3.63) is 75.1 Å². The number of carbonyl (C=O) groups is 3. The van der Waals surface area contributed by atoms with E-state index in [1.54, 1.807) is 36.4 Å². The minimum Gasteiger partial charge on any atom is -0.484 e. The molecule has 2 aromatic carbocycles. The van der Waals surface area contributed by atoms with Crippen molar-refractivity contribution in [2.45, 2.75) is 18.4 Å². The Morgan fingerprint density at radius 1 is 1.00 bits per heavy atom. The fourth-order valence-electron chi connectivity index (χ4n) is 4.18. The molecular weight excluding hydrogens is 422 g/mol. The minimum atomic E-state index is -0.489. The van der Waals surface area contributed by atoms with Gasteiger partial charge in [0, 0.05) is 53.4 Å². The van der Waals surface area contributed by atoms with E-state index in [9.17, 15) is 14.4 Å². The van der Waals surface area contributed by atoms with Crippen LogP contribution in [0.5, 0.6) is 0 Å². The predicted octanol–water partition coefficient (Wildman–Crippen LogP) is 4.21. The summed E-state index contributed by atoms with van der Waals surface area (Å²) in [5, 5.41) is 0.538. The molecule has 1 saturated heterocycles. The molecule has 30 heavy (non-hydrogen) atoms. The van der Waals surface area contributed by atoms with Gasteiger partial charge in [-0.25, -0.2) is 0 Å². The Kier molecular flexibility index (Phi) is 4.71. The third-order valence-corrected chi connectivity index (χ3v) is 7.43. The number of ketones is 2. The van der Waals surface area contributed by atoms with Gasteiger partial charge in [-0.1, -0.05) is 41.9 Å². The second kappa shape index (κ2) is 7.29. The second-order valence-corrected chi connectivity index (χ2v) is 9.16. The lowest BCUT2D eigenvalue weighted by Crippen LogP contribution is -2.50. The van der Waals surface area contributed by atoms with Crippen molar-refractivity contribution < 1.29 is 19.1 Å². The average molecular weight is 440 g/mol. The zero-order valence-corrected chi connectivity index (χ0v) is 17.6. The van der Waals surface area contributed by atoms with Gasteiger partial charge < -0.3 is 9.64 Å².